The second-order valence-corrected chi connectivity index (χ2v) is 10.0. The molecule has 0 aliphatic heterocycles. The number of amides is 1. The maximum atomic E-state index is 13.9. The Balaban J connectivity index is 1.90. The fourth-order valence-electron chi connectivity index (χ4n) is 4.53. The highest BCUT2D eigenvalue weighted by Gasteiger charge is 2.29. The molecule has 0 saturated heterocycles. The number of nitrogens with zero attached hydrogens (tertiary/aromatic N) is 5. The zero-order chi connectivity index (χ0) is 30.6. The van der Waals surface area contributed by atoms with Crippen molar-refractivity contribution >= 4 is 41.1 Å². The van der Waals surface area contributed by atoms with Gasteiger partial charge in [-0.25, -0.2) is 24.1 Å². The number of rotatable bonds is 10. The van der Waals surface area contributed by atoms with Crippen LogP contribution in [-0.4, -0.2) is 66.2 Å². The second-order valence-electron chi connectivity index (χ2n) is 10.0. The van der Waals surface area contributed by atoms with Crippen molar-refractivity contribution in [2.75, 3.05) is 12.0 Å². The van der Waals surface area contributed by atoms with Gasteiger partial charge in [0.2, 0.25) is 11.9 Å². The number of hydrogen-bond donors (Lipinski definition) is 3. The number of methoxy groups -OCH3 is 1. The number of aliphatic hydroxyl groups is 2. The Morgan fingerprint density at radius 1 is 1.07 bits per heavy atom. The van der Waals surface area contributed by atoms with Gasteiger partial charge in [-0.3, -0.25) is 4.79 Å². The number of carboxylic acid groups (broad SMARTS) is 1. The number of fused-ring (bicyclic) bond motifs is 1. The van der Waals surface area contributed by atoms with Gasteiger partial charge in [-0.1, -0.05) is 38.1 Å². The Kier molecular flexibility index (Phi) is 9.28. The summed E-state index contributed by atoms with van der Waals surface area (Å²) in [6.07, 6.45) is -0.922. The number of para-hydroxylation sites is 2. The molecule has 0 bridgehead atoms. The summed E-state index contributed by atoms with van der Waals surface area (Å²) in [5.41, 5.74) is 3.25. The molecule has 42 heavy (non-hydrogen) atoms. The molecule has 2 aromatic carbocycles. The van der Waals surface area contributed by atoms with Crippen LogP contribution in [0.5, 0.6) is 0 Å². The Hall–Kier alpha value is -4.68. The predicted molar refractivity (Wildman–Crippen MR) is 155 cm³/mol. The first-order chi connectivity index (χ1) is 20.0. The van der Waals surface area contributed by atoms with Crippen LogP contribution in [0, 0.1) is 5.82 Å². The minimum atomic E-state index is -1.25. The molecule has 0 aliphatic rings. The molecule has 3 N–H and O–H groups in total. The molecule has 4 rings (SSSR count). The first kappa shape index (κ1) is 30.3. The molecule has 0 saturated carbocycles. The third-order valence-corrected chi connectivity index (χ3v) is 6.56. The highest BCUT2D eigenvalue weighted by atomic mass is 19.1. The highest BCUT2D eigenvalue weighted by molar-refractivity contribution is 5.95. The number of aryl methyl sites for hydroxylation is 1. The number of carboxylic acids is 1. The number of ether oxygens (including phenoxy) is 1. The Morgan fingerprint density at radius 2 is 1.76 bits per heavy atom. The van der Waals surface area contributed by atoms with E-state index in [4.69, 9.17) is 19.8 Å². The van der Waals surface area contributed by atoms with Crippen LogP contribution in [0.25, 0.3) is 28.4 Å². The van der Waals surface area contributed by atoms with Crippen molar-refractivity contribution < 1.29 is 34.0 Å². The van der Waals surface area contributed by atoms with Gasteiger partial charge in [0.05, 0.1) is 48.2 Å². The summed E-state index contributed by atoms with van der Waals surface area (Å²) in [6.45, 7) is 3.78. The van der Waals surface area contributed by atoms with E-state index in [-0.39, 0.29) is 24.2 Å². The fourth-order valence-corrected chi connectivity index (χ4v) is 4.53. The molecular formula is C30H32FN5O6. The van der Waals surface area contributed by atoms with Crippen LogP contribution in [-0.2, 0) is 16.6 Å². The van der Waals surface area contributed by atoms with Crippen molar-refractivity contribution in [1.29, 1.82) is 0 Å². The first-order valence-corrected chi connectivity index (χ1v) is 13.2. The Labute approximate surface area is 241 Å². The monoisotopic (exact) mass is 577 g/mol. The SMILES string of the molecule is COC(=O)N(c1nc(-c2ccc(F)cc2)c(/C=C/[C@@H](O)C[C@@H](O)CC(=O)O)c(C(C)C)n1)c1nc2ccccc2n1C. The Bertz CT molecular complexity index is 1620. The number of aromatic nitrogens is 4. The van der Waals surface area contributed by atoms with E-state index in [1.54, 1.807) is 17.7 Å². The van der Waals surface area contributed by atoms with E-state index in [0.717, 1.165) is 10.4 Å². The molecule has 4 aromatic rings. The normalized spacial score (nSPS) is 13.0. The van der Waals surface area contributed by atoms with E-state index < -0.39 is 36.5 Å². The standard InChI is InChI=1S/C30H32FN5O6/c1-17(2)26-22(14-13-20(37)15-21(38)16-25(39)40)27(18-9-11-19(31)12-10-18)34-28(33-26)36(30(41)42-4)29-32-23-7-5-6-8-24(23)35(29)3/h5-14,17,20-21,37-38H,15-16H2,1-4H3,(H,39,40)/b14-13+/t20-,21-/m1/s1. The van der Waals surface area contributed by atoms with Gasteiger partial charge in [0.15, 0.2) is 0 Å². The van der Waals surface area contributed by atoms with Crippen molar-refractivity contribution in [3.63, 3.8) is 0 Å². The van der Waals surface area contributed by atoms with Crippen LogP contribution in [0.15, 0.2) is 54.6 Å². The Morgan fingerprint density at radius 3 is 2.38 bits per heavy atom. The van der Waals surface area contributed by atoms with Gasteiger partial charge >= 0.3 is 12.1 Å². The smallest absolute Gasteiger partial charge is 0.423 e. The van der Waals surface area contributed by atoms with Crippen LogP contribution in [0.1, 0.15) is 43.9 Å². The van der Waals surface area contributed by atoms with Crippen molar-refractivity contribution in [2.24, 2.45) is 7.05 Å². The largest absolute Gasteiger partial charge is 0.481 e. The molecule has 0 spiro atoms. The quantitative estimate of drug-likeness (QED) is 0.241. The second kappa shape index (κ2) is 12.9. The third-order valence-electron chi connectivity index (χ3n) is 6.56. The number of aliphatic hydroxyl groups excluding tert-OH is 2. The van der Waals surface area contributed by atoms with Crippen LogP contribution in [0.3, 0.4) is 0 Å². The van der Waals surface area contributed by atoms with E-state index in [9.17, 15) is 24.2 Å². The van der Waals surface area contributed by atoms with Crippen LogP contribution in [0.4, 0.5) is 21.1 Å². The number of hydrogen-bond acceptors (Lipinski definition) is 8. The maximum Gasteiger partial charge on any atom is 0.423 e. The van der Waals surface area contributed by atoms with Gasteiger partial charge in [0, 0.05) is 24.6 Å². The van der Waals surface area contributed by atoms with Crippen molar-refractivity contribution in [2.45, 2.75) is 44.8 Å². The van der Waals surface area contributed by atoms with Crippen LogP contribution in [0.2, 0.25) is 0 Å². The van der Waals surface area contributed by atoms with Crippen molar-refractivity contribution in [1.82, 2.24) is 19.5 Å². The lowest BCUT2D eigenvalue weighted by Crippen LogP contribution is -2.30. The third kappa shape index (κ3) is 6.61. The minimum Gasteiger partial charge on any atom is -0.481 e. The van der Waals surface area contributed by atoms with Gasteiger partial charge in [-0.2, -0.15) is 4.90 Å². The van der Waals surface area contributed by atoms with E-state index in [0.29, 0.717) is 28.0 Å². The van der Waals surface area contributed by atoms with Crippen molar-refractivity contribution in [3.05, 3.63) is 71.7 Å². The summed E-state index contributed by atoms with van der Waals surface area (Å²) in [4.78, 5) is 39.3. The zero-order valence-electron chi connectivity index (χ0n) is 23.6. The molecular weight excluding hydrogens is 545 g/mol. The van der Waals surface area contributed by atoms with Crippen LogP contribution >= 0.6 is 0 Å². The number of aliphatic carboxylic acids is 1. The molecule has 2 atom stereocenters. The lowest BCUT2D eigenvalue weighted by molar-refractivity contribution is -0.139. The van der Waals surface area contributed by atoms with E-state index >= 15 is 0 Å². The fraction of sp³-hybridized carbons (Fsp3) is 0.300. The molecule has 2 heterocycles. The molecule has 2 aromatic heterocycles. The summed E-state index contributed by atoms with van der Waals surface area (Å²) in [5.74, 6) is -1.65. The topological polar surface area (TPSA) is 151 Å². The molecule has 220 valence electrons. The molecule has 0 fully saturated rings. The summed E-state index contributed by atoms with van der Waals surface area (Å²) in [7, 11) is 2.99. The number of carbonyl (C=O) groups is 2. The van der Waals surface area contributed by atoms with E-state index in [1.807, 2.05) is 38.1 Å². The minimum absolute atomic E-state index is 0.0298. The average Bonchev–Trinajstić information content (AvgIpc) is 3.27. The van der Waals surface area contributed by atoms with Gasteiger partial charge < -0.3 is 24.6 Å². The number of anilines is 2. The predicted octanol–water partition coefficient (Wildman–Crippen LogP) is 4.80. The summed E-state index contributed by atoms with van der Waals surface area (Å²) >= 11 is 0. The lowest BCUT2D eigenvalue weighted by Gasteiger charge is -2.22. The molecule has 0 radical (unpaired) electrons. The van der Waals surface area contributed by atoms with Crippen molar-refractivity contribution in [3.8, 4) is 11.3 Å². The average molecular weight is 578 g/mol. The summed E-state index contributed by atoms with van der Waals surface area (Å²) < 4.78 is 20.7. The summed E-state index contributed by atoms with van der Waals surface area (Å²) in [6, 6.07) is 13.0. The maximum absolute atomic E-state index is 13.9. The van der Waals surface area contributed by atoms with E-state index in [2.05, 4.69) is 4.98 Å². The zero-order valence-corrected chi connectivity index (χ0v) is 23.6. The summed E-state index contributed by atoms with van der Waals surface area (Å²) in [5, 5.41) is 29.4. The number of benzene rings is 2. The van der Waals surface area contributed by atoms with Gasteiger partial charge in [0.25, 0.3) is 0 Å². The lowest BCUT2D eigenvalue weighted by atomic mass is 9.97. The first-order valence-electron chi connectivity index (χ1n) is 13.2. The van der Waals surface area contributed by atoms with Gasteiger partial charge in [-0.15, -0.1) is 0 Å². The number of imidazole rings is 1. The van der Waals surface area contributed by atoms with Gasteiger partial charge in [0.1, 0.15) is 5.82 Å². The van der Waals surface area contributed by atoms with Gasteiger partial charge in [-0.05, 0) is 42.3 Å². The number of halogens is 1. The van der Waals surface area contributed by atoms with Crippen LogP contribution < -0.4 is 4.90 Å². The molecule has 12 heteroatoms. The highest BCUT2D eigenvalue weighted by Crippen LogP contribution is 2.34. The number of carbonyl (C=O) groups excluding carboxylic acids is 1. The molecule has 1 amide bonds. The van der Waals surface area contributed by atoms with E-state index in [1.165, 1.54) is 37.5 Å². The molecule has 11 nitrogen and oxygen atoms in total. The molecule has 0 aliphatic carbocycles. The molecule has 0 unspecified atom stereocenters.